The van der Waals surface area contributed by atoms with Crippen LogP contribution in [0.15, 0.2) is 78.9 Å². The zero-order chi connectivity index (χ0) is 26.6. The van der Waals surface area contributed by atoms with E-state index in [0.717, 1.165) is 30.6 Å². The van der Waals surface area contributed by atoms with Crippen LogP contribution in [0.2, 0.25) is 0 Å². The Morgan fingerprint density at radius 2 is 1.39 bits per heavy atom. The molecule has 1 unspecified atom stereocenters. The maximum Gasteiger partial charge on any atom is 0.335 e. The van der Waals surface area contributed by atoms with Gasteiger partial charge in [0.25, 0.3) is 0 Å². The number of hydrogen-bond acceptors (Lipinski definition) is 4. The third-order valence-electron chi connectivity index (χ3n) is 6.92. The predicted molar refractivity (Wildman–Crippen MR) is 154 cm³/mol. The van der Waals surface area contributed by atoms with Gasteiger partial charge in [0.2, 0.25) is 0 Å². The number of esters is 1. The molecule has 0 amide bonds. The van der Waals surface area contributed by atoms with Gasteiger partial charge in [0, 0.05) is 19.4 Å². The highest BCUT2D eigenvalue weighted by atomic mass is 16.6. The zero-order valence-electron chi connectivity index (χ0n) is 22.8. The van der Waals surface area contributed by atoms with E-state index in [1.807, 2.05) is 31.2 Å². The number of benzene rings is 3. The molecule has 1 atom stereocenters. The molecule has 0 saturated carbocycles. The van der Waals surface area contributed by atoms with Gasteiger partial charge in [-0.15, -0.1) is 0 Å². The lowest BCUT2D eigenvalue weighted by molar-refractivity contribution is -0.156. The first-order valence-electron chi connectivity index (χ1n) is 14.1. The summed E-state index contributed by atoms with van der Waals surface area (Å²) in [4.78, 5) is 12.4. The van der Waals surface area contributed by atoms with E-state index in [1.54, 1.807) is 0 Å². The van der Waals surface area contributed by atoms with Gasteiger partial charge in [-0.25, -0.2) is 4.79 Å². The van der Waals surface area contributed by atoms with Crippen molar-refractivity contribution in [3.05, 3.63) is 95.6 Å². The molecule has 0 N–H and O–H groups in total. The van der Waals surface area contributed by atoms with Crippen LogP contribution < -0.4 is 4.74 Å². The Bertz CT molecular complexity index is 1150. The van der Waals surface area contributed by atoms with Crippen molar-refractivity contribution in [1.29, 1.82) is 0 Å². The molecular weight excluding hydrogens is 472 g/mol. The van der Waals surface area contributed by atoms with E-state index < -0.39 is 6.10 Å². The van der Waals surface area contributed by atoms with Crippen LogP contribution in [-0.2, 0) is 20.7 Å². The van der Waals surface area contributed by atoms with Crippen LogP contribution in [0, 0.1) is 0 Å². The second-order valence-electron chi connectivity index (χ2n) is 9.72. The van der Waals surface area contributed by atoms with Crippen LogP contribution in [0.1, 0.15) is 69.1 Å². The highest BCUT2D eigenvalue weighted by Crippen LogP contribution is 2.43. The maximum absolute atomic E-state index is 12.4. The third-order valence-corrected chi connectivity index (χ3v) is 6.92. The normalized spacial score (nSPS) is 12.5. The van der Waals surface area contributed by atoms with Crippen molar-refractivity contribution < 1.29 is 19.0 Å². The van der Waals surface area contributed by atoms with Crippen molar-refractivity contribution in [2.45, 2.75) is 64.9 Å². The molecule has 38 heavy (non-hydrogen) atoms. The van der Waals surface area contributed by atoms with Gasteiger partial charge in [-0.2, -0.15) is 0 Å². The van der Waals surface area contributed by atoms with Gasteiger partial charge in [0.1, 0.15) is 5.75 Å². The van der Waals surface area contributed by atoms with Crippen molar-refractivity contribution in [3.8, 4) is 16.9 Å². The summed E-state index contributed by atoms with van der Waals surface area (Å²) in [5, 5.41) is 0. The molecule has 4 nitrogen and oxygen atoms in total. The topological polar surface area (TPSA) is 44.8 Å². The molecule has 0 fully saturated rings. The lowest BCUT2D eigenvalue weighted by atomic mass is 10.0. The molecular formula is C34H40O4. The van der Waals surface area contributed by atoms with Gasteiger partial charge in [-0.3, -0.25) is 0 Å². The summed E-state index contributed by atoms with van der Waals surface area (Å²) < 4.78 is 17.2. The molecule has 0 radical (unpaired) electrons. The largest absolute Gasteiger partial charge is 0.493 e. The minimum atomic E-state index is -0.573. The third kappa shape index (κ3) is 7.35. The first kappa shape index (κ1) is 27.7. The summed E-state index contributed by atoms with van der Waals surface area (Å²) in [6, 6.07) is 25.1. The second kappa shape index (κ2) is 14.5. The Kier molecular flexibility index (Phi) is 10.6. The molecule has 0 aromatic heterocycles. The summed E-state index contributed by atoms with van der Waals surface area (Å²) >= 11 is 0. The van der Waals surface area contributed by atoms with Crippen molar-refractivity contribution in [3.63, 3.8) is 0 Å². The molecule has 1 aliphatic carbocycles. The summed E-state index contributed by atoms with van der Waals surface area (Å²) in [7, 11) is 0. The lowest BCUT2D eigenvalue weighted by Crippen LogP contribution is -2.29. The maximum atomic E-state index is 12.4. The summed E-state index contributed by atoms with van der Waals surface area (Å²) in [6.45, 7) is 5.57. The van der Waals surface area contributed by atoms with Crippen LogP contribution >= 0.6 is 0 Å². The Balaban J connectivity index is 1.29. The lowest BCUT2D eigenvalue weighted by Gasteiger charge is -2.17. The summed E-state index contributed by atoms with van der Waals surface area (Å²) in [5.74, 6) is 0.536. The Hall–Kier alpha value is -3.37. The first-order chi connectivity index (χ1) is 18.7. The van der Waals surface area contributed by atoms with E-state index in [4.69, 9.17) is 14.2 Å². The Morgan fingerprint density at radius 1 is 0.763 bits per heavy atom. The molecule has 4 rings (SSSR count). The van der Waals surface area contributed by atoms with E-state index in [0.29, 0.717) is 26.2 Å². The van der Waals surface area contributed by atoms with E-state index in [1.165, 1.54) is 47.1 Å². The second-order valence-corrected chi connectivity index (χ2v) is 9.72. The van der Waals surface area contributed by atoms with Crippen LogP contribution in [0.25, 0.3) is 16.7 Å². The fraction of sp³-hybridized carbons (Fsp3) is 0.382. The molecule has 0 bridgehead atoms. The molecule has 3 aromatic rings. The van der Waals surface area contributed by atoms with Gasteiger partial charge in [0.05, 0.1) is 13.2 Å². The van der Waals surface area contributed by atoms with Crippen molar-refractivity contribution in [2.75, 3.05) is 19.8 Å². The number of carbonyl (C=O) groups excluding carboxylic acids is 1. The standard InChI is InChI=1S/C34H40O4/c1-3-5-6-7-12-23-38-33(34(35)36-4-2)25-26-19-21-27(22-20-26)37-24-13-18-32-30-16-10-8-14-28(30)29-15-9-11-17-31(29)32/h8-11,14-22,33H,3-7,12-13,23-25H2,1-2H3. The fourth-order valence-corrected chi connectivity index (χ4v) is 4.96. The number of hydrogen-bond donors (Lipinski definition) is 0. The number of fused-ring (bicyclic) bond motifs is 3. The van der Waals surface area contributed by atoms with E-state index in [2.05, 4.69) is 61.5 Å². The Morgan fingerprint density at radius 3 is 2.03 bits per heavy atom. The van der Waals surface area contributed by atoms with E-state index in [9.17, 15) is 4.79 Å². The van der Waals surface area contributed by atoms with Crippen molar-refractivity contribution in [2.24, 2.45) is 0 Å². The van der Waals surface area contributed by atoms with Crippen molar-refractivity contribution >= 4 is 11.5 Å². The molecule has 4 heteroatoms. The number of carbonyl (C=O) groups is 1. The zero-order valence-corrected chi connectivity index (χ0v) is 22.8. The minimum Gasteiger partial charge on any atom is -0.493 e. The van der Waals surface area contributed by atoms with Gasteiger partial charge < -0.3 is 14.2 Å². The van der Waals surface area contributed by atoms with Gasteiger partial charge in [-0.1, -0.05) is 99.3 Å². The van der Waals surface area contributed by atoms with Crippen LogP contribution in [0.4, 0.5) is 0 Å². The molecule has 0 heterocycles. The molecule has 0 spiro atoms. The Labute approximate surface area is 227 Å². The minimum absolute atomic E-state index is 0.288. The van der Waals surface area contributed by atoms with Crippen molar-refractivity contribution in [1.82, 2.24) is 0 Å². The van der Waals surface area contributed by atoms with Gasteiger partial charge in [0.15, 0.2) is 6.10 Å². The molecule has 1 aliphatic rings. The molecule has 200 valence electrons. The van der Waals surface area contributed by atoms with Crippen LogP contribution in [0.3, 0.4) is 0 Å². The fourth-order valence-electron chi connectivity index (χ4n) is 4.96. The van der Waals surface area contributed by atoms with Crippen LogP contribution in [-0.4, -0.2) is 31.9 Å². The highest BCUT2D eigenvalue weighted by Gasteiger charge is 2.22. The number of unbranched alkanes of at least 4 members (excludes halogenated alkanes) is 4. The summed E-state index contributed by atoms with van der Waals surface area (Å²) in [6.07, 6.45) is 8.79. The predicted octanol–water partition coefficient (Wildman–Crippen LogP) is 8.03. The highest BCUT2D eigenvalue weighted by molar-refractivity contribution is 6.01. The van der Waals surface area contributed by atoms with E-state index >= 15 is 0 Å². The first-order valence-corrected chi connectivity index (χ1v) is 14.1. The smallest absolute Gasteiger partial charge is 0.335 e. The molecule has 0 aliphatic heterocycles. The monoisotopic (exact) mass is 512 g/mol. The number of ether oxygens (including phenoxy) is 3. The summed E-state index contributed by atoms with van der Waals surface area (Å²) in [5.41, 5.74) is 7.49. The SMILES string of the molecule is CCCCCCCOC(Cc1ccc(OCCC=C2c3ccccc3-c3ccccc32)cc1)C(=O)OCC. The molecule has 3 aromatic carbocycles. The van der Waals surface area contributed by atoms with Gasteiger partial charge in [-0.05, 0) is 58.9 Å². The molecule has 0 saturated heterocycles. The average molecular weight is 513 g/mol. The quantitative estimate of drug-likeness (QED) is 0.119. The number of rotatable bonds is 15. The van der Waals surface area contributed by atoms with Gasteiger partial charge >= 0.3 is 5.97 Å². The van der Waals surface area contributed by atoms with Crippen LogP contribution in [0.5, 0.6) is 5.75 Å². The van der Waals surface area contributed by atoms with E-state index in [-0.39, 0.29) is 5.97 Å². The average Bonchev–Trinajstić information content (AvgIpc) is 3.27.